The van der Waals surface area contributed by atoms with Gasteiger partial charge in [-0.15, -0.1) is 17.8 Å². The Bertz CT molecular complexity index is 259. The molecule has 0 radical (unpaired) electrons. The number of hydrogen-bond donors (Lipinski definition) is 1. The van der Waals surface area contributed by atoms with Crippen LogP contribution < -0.4 is 5.32 Å². The van der Waals surface area contributed by atoms with Gasteiger partial charge in [0.2, 0.25) is 0 Å². The summed E-state index contributed by atoms with van der Waals surface area (Å²) >= 11 is 1.60. The largest absolute Gasteiger partial charge is 0.311 e. The van der Waals surface area contributed by atoms with Crippen LogP contribution in [0.4, 0.5) is 0 Å². The van der Waals surface area contributed by atoms with Crippen molar-refractivity contribution in [1.29, 1.82) is 0 Å². The fourth-order valence-electron chi connectivity index (χ4n) is 0.690. The normalized spacial score (nSPS) is 9.45. The smallest absolute Gasteiger partial charge is 0.124 e. The average molecular weight is 166 g/mol. The Kier molecular flexibility index (Phi) is 3.09. The van der Waals surface area contributed by atoms with Crippen molar-refractivity contribution in [1.82, 2.24) is 10.3 Å². The highest BCUT2D eigenvalue weighted by atomic mass is 32.1. The minimum Gasteiger partial charge on any atom is -0.311 e. The van der Waals surface area contributed by atoms with E-state index in [1.54, 1.807) is 11.3 Å². The number of hydrogen-bond acceptors (Lipinski definition) is 3. The Morgan fingerprint density at radius 3 is 3.18 bits per heavy atom. The molecule has 1 aromatic rings. The van der Waals surface area contributed by atoms with Crippen molar-refractivity contribution in [3.05, 3.63) is 16.1 Å². The first-order chi connectivity index (χ1) is 5.36. The number of nitrogens with one attached hydrogen (secondary N) is 1. The van der Waals surface area contributed by atoms with Gasteiger partial charge in [0.25, 0.3) is 0 Å². The molecule has 0 bridgehead atoms. The molecule has 1 N–H and O–H groups in total. The van der Waals surface area contributed by atoms with Crippen LogP contribution >= 0.6 is 11.3 Å². The van der Waals surface area contributed by atoms with Gasteiger partial charge in [-0.3, -0.25) is 0 Å². The van der Waals surface area contributed by atoms with E-state index >= 15 is 0 Å². The maximum Gasteiger partial charge on any atom is 0.124 e. The third-order valence-corrected chi connectivity index (χ3v) is 2.07. The number of thiazole rings is 1. The van der Waals surface area contributed by atoms with Gasteiger partial charge in [-0.2, -0.15) is 0 Å². The van der Waals surface area contributed by atoms with E-state index in [0.29, 0.717) is 0 Å². The van der Waals surface area contributed by atoms with E-state index in [2.05, 4.69) is 23.1 Å². The summed E-state index contributed by atoms with van der Waals surface area (Å²) in [6.07, 6.45) is 5.17. The van der Waals surface area contributed by atoms with Crippen molar-refractivity contribution in [2.24, 2.45) is 0 Å². The number of terminal acetylenes is 1. The lowest BCUT2D eigenvalue weighted by Crippen LogP contribution is -2.11. The number of nitrogens with zero attached hydrogens (tertiary/aromatic N) is 1. The Morgan fingerprint density at radius 1 is 1.82 bits per heavy atom. The van der Waals surface area contributed by atoms with Crippen LogP contribution in [0, 0.1) is 12.3 Å². The summed E-state index contributed by atoms with van der Waals surface area (Å²) in [5, 5.41) is 6.13. The van der Waals surface area contributed by atoms with Gasteiger partial charge < -0.3 is 5.32 Å². The summed E-state index contributed by atoms with van der Waals surface area (Å²) in [5.41, 5.74) is 0.739. The molecule has 1 aromatic heterocycles. The minimum absolute atomic E-state index is 0.739. The third kappa shape index (κ3) is 2.34. The predicted octanol–water partition coefficient (Wildman–Crippen LogP) is 1.23. The van der Waals surface area contributed by atoms with E-state index in [1.807, 2.05) is 5.38 Å². The molecule has 0 aliphatic heterocycles. The highest BCUT2D eigenvalue weighted by Crippen LogP contribution is 2.07. The number of rotatable bonds is 3. The van der Waals surface area contributed by atoms with E-state index in [4.69, 9.17) is 6.42 Å². The number of aromatic nitrogens is 1. The van der Waals surface area contributed by atoms with E-state index in [1.165, 1.54) is 0 Å². The zero-order valence-electron chi connectivity index (χ0n) is 6.42. The van der Waals surface area contributed by atoms with Gasteiger partial charge in [-0.1, -0.05) is 6.92 Å². The Morgan fingerprint density at radius 2 is 2.64 bits per heavy atom. The van der Waals surface area contributed by atoms with Crippen LogP contribution in [0.5, 0.6) is 0 Å². The molecule has 0 amide bonds. The predicted molar refractivity (Wildman–Crippen MR) is 47.4 cm³/mol. The fourth-order valence-corrected chi connectivity index (χ4v) is 1.40. The molecule has 0 saturated heterocycles. The summed E-state index contributed by atoms with van der Waals surface area (Å²) in [5.74, 6) is 2.50. The second-order valence-electron chi connectivity index (χ2n) is 2.05. The lowest BCUT2D eigenvalue weighted by Gasteiger charge is -1.93. The molecule has 2 nitrogen and oxygen atoms in total. The van der Waals surface area contributed by atoms with Gasteiger partial charge in [0.15, 0.2) is 0 Å². The SMILES string of the molecule is C#Cc1csc(CNCC)n1. The Balaban J connectivity index is 2.53. The monoisotopic (exact) mass is 166 g/mol. The fraction of sp³-hybridized carbons (Fsp3) is 0.375. The Labute approximate surface area is 70.7 Å². The molecule has 0 aromatic carbocycles. The molecule has 0 unspecified atom stereocenters. The summed E-state index contributed by atoms with van der Waals surface area (Å²) in [6.45, 7) is 3.85. The molecule has 0 saturated carbocycles. The lowest BCUT2D eigenvalue weighted by molar-refractivity contribution is 0.722. The van der Waals surface area contributed by atoms with Gasteiger partial charge in [0, 0.05) is 11.9 Å². The molecule has 0 spiro atoms. The van der Waals surface area contributed by atoms with Gasteiger partial charge >= 0.3 is 0 Å². The molecular formula is C8H10N2S. The first kappa shape index (κ1) is 8.25. The lowest BCUT2D eigenvalue weighted by atomic mass is 10.5. The second kappa shape index (κ2) is 4.12. The van der Waals surface area contributed by atoms with Crippen molar-refractivity contribution in [2.45, 2.75) is 13.5 Å². The molecule has 0 fully saturated rings. The first-order valence-electron chi connectivity index (χ1n) is 3.48. The maximum atomic E-state index is 5.17. The van der Waals surface area contributed by atoms with Crippen molar-refractivity contribution in [2.75, 3.05) is 6.54 Å². The molecule has 1 rings (SSSR count). The van der Waals surface area contributed by atoms with E-state index in [0.717, 1.165) is 23.8 Å². The van der Waals surface area contributed by atoms with Crippen molar-refractivity contribution in [3.8, 4) is 12.3 Å². The van der Waals surface area contributed by atoms with Crippen LogP contribution in [0.2, 0.25) is 0 Å². The minimum atomic E-state index is 0.739. The maximum absolute atomic E-state index is 5.17. The van der Waals surface area contributed by atoms with Crippen LogP contribution in [-0.4, -0.2) is 11.5 Å². The quantitative estimate of drug-likeness (QED) is 0.683. The van der Waals surface area contributed by atoms with Crippen LogP contribution in [0.1, 0.15) is 17.6 Å². The van der Waals surface area contributed by atoms with Crippen LogP contribution in [-0.2, 0) is 6.54 Å². The molecule has 1 heterocycles. The topological polar surface area (TPSA) is 24.9 Å². The molecule has 3 heteroatoms. The summed E-state index contributed by atoms with van der Waals surface area (Å²) < 4.78 is 0. The van der Waals surface area contributed by atoms with E-state index in [-0.39, 0.29) is 0 Å². The van der Waals surface area contributed by atoms with Crippen LogP contribution in [0.3, 0.4) is 0 Å². The highest BCUT2D eigenvalue weighted by Gasteiger charge is 1.96. The first-order valence-corrected chi connectivity index (χ1v) is 4.36. The second-order valence-corrected chi connectivity index (χ2v) is 2.99. The Hall–Kier alpha value is -0.850. The van der Waals surface area contributed by atoms with Gasteiger partial charge in [0.1, 0.15) is 10.7 Å². The van der Waals surface area contributed by atoms with Crippen molar-refractivity contribution >= 4 is 11.3 Å². The third-order valence-electron chi connectivity index (χ3n) is 1.23. The zero-order chi connectivity index (χ0) is 8.10. The standard InChI is InChI=1S/C8H10N2S/c1-3-7-6-11-8(10-7)5-9-4-2/h1,6,9H,4-5H2,2H3. The molecule has 58 valence electrons. The summed E-state index contributed by atoms with van der Waals surface area (Å²) in [6, 6.07) is 0. The van der Waals surface area contributed by atoms with Gasteiger partial charge in [-0.05, 0) is 12.5 Å². The van der Waals surface area contributed by atoms with Crippen molar-refractivity contribution in [3.63, 3.8) is 0 Å². The molecule has 11 heavy (non-hydrogen) atoms. The van der Waals surface area contributed by atoms with Crippen LogP contribution in [0.15, 0.2) is 5.38 Å². The van der Waals surface area contributed by atoms with Crippen molar-refractivity contribution < 1.29 is 0 Å². The van der Waals surface area contributed by atoms with E-state index < -0.39 is 0 Å². The highest BCUT2D eigenvalue weighted by molar-refractivity contribution is 7.09. The van der Waals surface area contributed by atoms with Gasteiger partial charge in [0.05, 0.1) is 0 Å². The molecule has 0 aliphatic rings. The summed E-state index contributed by atoms with van der Waals surface area (Å²) in [7, 11) is 0. The molecule has 0 atom stereocenters. The molecular weight excluding hydrogens is 156 g/mol. The average Bonchev–Trinajstić information content (AvgIpc) is 2.48. The summed E-state index contributed by atoms with van der Waals surface area (Å²) in [4.78, 5) is 4.19. The zero-order valence-corrected chi connectivity index (χ0v) is 7.24. The molecule has 0 aliphatic carbocycles. The van der Waals surface area contributed by atoms with Gasteiger partial charge in [-0.25, -0.2) is 4.98 Å². The van der Waals surface area contributed by atoms with E-state index in [9.17, 15) is 0 Å². The van der Waals surface area contributed by atoms with Crippen LogP contribution in [0.25, 0.3) is 0 Å².